The van der Waals surface area contributed by atoms with Crippen LogP contribution in [0, 0.1) is 12.3 Å². The van der Waals surface area contributed by atoms with Crippen LogP contribution in [0.3, 0.4) is 0 Å². The van der Waals surface area contributed by atoms with E-state index in [0.717, 1.165) is 5.92 Å². The van der Waals surface area contributed by atoms with Crippen LogP contribution in [0.15, 0.2) is 47.1 Å². The minimum absolute atomic E-state index is 0. The second kappa shape index (κ2) is 5.88. The molecule has 1 unspecified atom stereocenters. The van der Waals surface area contributed by atoms with Crippen molar-refractivity contribution in [1.82, 2.24) is 0 Å². The summed E-state index contributed by atoms with van der Waals surface area (Å²) in [5, 5.41) is 0. The van der Waals surface area contributed by atoms with Gasteiger partial charge < -0.3 is 0 Å². The fourth-order valence-corrected chi connectivity index (χ4v) is 3.11. The Morgan fingerprint density at radius 2 is 1.76 bits per heavy atom. The van der Waals surface area contributed by atoms with E-state index in [1.165, 1.54) is 38.5 Å². The molecule has 0 aliphatic heterocycles. The van der Waals surface area contributed by atoms with Crippen molar-refractivity contribution in [2.45, 2.75) is 38.5 Å². The van der Waals surface area contributed by atoms with Crippen LogP contribution in [0.5, 0.6) is 0 Å². The Morgan fingerprint density at radius 3 is 2.35 bits per heavy atom. The third kappa shape index (κ3) is 2.66. The molecule has 0 aromatic rings. The molecule has 4 rings (SSSR count). The zero-order valence-corrected chi connectivity index (χ0v) is 11.2. The van der Waals surface area contributed by atoms with Crippen molar-refractivity contribution in [3.8, 4) is 0 Å². The van der Waals surface area contributed by atoms with Gasteiger partial charge in [0.05, 0.1) is 0 Å². The number of hydrogen-bond acceptors (Lipinski definition) is 0. The van der Waals surface area contributed by atoms with Gasteiger partial charge in [-0.05, 0) is 55.6 Å². The van der Waals surface area contributed by atoms with Crippen LogP contribution in [0.2, 0.25) is 0 Å². The average Bonchev–Trinajstić information content (AvgIpc) is 2.88. The average molecular weight is 270 g/mol. The van der Waals surface area contributed by atoms with Crippen LogP contribution in [0.1, 0.15) is 38.5 Å². The van der Waals surface area contributed by atoms with Crippen LogP contribution in [-0.2, 0) is 16.8 Å². The summed E-state index contributed by atoms with van der Waals surface area (Å²) in [6.45, 7) is 0. The predicted molar refractivity (Wildman–Crippen MR) is 68.9 cm³/mol. The number of hydrogen-bond donors (Lipinski definition) is 0. The molecular weight excluding hydrogens is 251 g/mol. The molecule has 2 radical (unpaired) electrons. The van der Waals surface area contributed by atoms with Crippen LogP contribution in [0.25, 0.3) is 0 Å². The van der Waals surface area contributed by atoms with Crippen molar-refractivity contribution in [2.24, 2.45) is 5.92 Å². The number of fused-ring (bicyclic) bond motifs is 2. The van der Waals surface area contributed by atoms with E-state index < -0.39 is 0 Å². The van der Waals surface area contributed by atoms with Crippen molar-refractivity contribution in [3.63, 3.8) is 0 Å². The van der Waals surface area contributed by atoms with E-state index in [1.807, 2.05) is 36.3 Å². The molecule has 1 heteroatoms. The molecule has 0 bridgehead atoms. The molecule has 0 spiro atoms. The van der Waals surface area contributed by atoms with E-state index in [-0.39, 0.29) is 16.8 Å². The van der Waals surface area contributed by atoms with E-state index in [2.05, 4.69) is 6.08 Å². The fourth-order valence-electron chi connectivity index (χ4n) is 3.11. The van der Waals surface area contributed by atoms with Crippen molar-refractivity contribution in [2.75, 3.05) is 0 Å². The summed E-state index contributed by atoms with van der Waals surface area (Å²) in [5.41, 5.74) is 5.35. The molecule has 2 fully saturated rings. The molecule has 0 N–H and O–H groups in total. The Kier molecular flexibility index (Phi) is 4.46. The smallest absolute Gasteiger partial charge is 0.00506 e. The topological polar surface area (TPSA) is 0 Å². The van der Waals surface area contributed by atoms with Crippen molar-refractivity contribution < 1.29 is 16.8 Å². The second-order valence-electron chi connectivity index (χ2n) is 5.02. The van der Waals surface area contributed by atoms with E-state index in [4.69, 9.17) is 0 Å². The van der Waals surface area contributed by atoms with Gasteiger partial charge in [0.15, 0.2) is 0 Å². The standard InChI is InChI=1S/C11H14.C5H5.Co/c1-2-8-4-5-9-6-7-11(9)10(8)3-1;1-2-4-5-3-1;/h4,9H,1-3,5-7H2;1-5H;. The molecule has 0 aromatic carbocycles. The zero-order chi connectivity index (χ0) is 10.8. The first-order valence-corrected chi connectivity index (χ1v) is 6.53. The Labute approximate surface area is 115 Å². The molecule has 4 aliphatic carbocycles. The number of allylic oxidation sites excluding steroid dienone is 8. The molecule has 1 atom stereocenters. The first kappa shape index (κ1) is 12.9. The van der Waals surface area contributed by atoms with E-state index in [9.17, 15) is 0 Å². The third-order valence-corrected chi connectivity index (χ3v) is 4.11. The summed E-state index contributed by atoms with van der Waals surface area (Å²) < 4.78 is 0. The monoisotopic (exact) mass is 270 g/mol. The van der Waals surface area contributed by atoms with Crippen molar-refractivity contribution in [3.05, 3.63) is 53.5 Å². The maximum atomic E-state index is 2.51. The minimum atomic E-state index is 0. The fraction of sp³-hybridized carbons (Fsp3) is 0.438. The van der Waals surface area contributed by atoms with Gasteiger partial charge in [-0.15, -0.1) is 0 Å². The van der Waals surface area contributed by atoms with Crippen LogP contribution < -0.4 is 0 Å². The van der Waals surface area contributed by atoms with Gasteiger partial charge in [0.2, 0.25) is 0 Å². The Balaban J connectivity index is 0.000000155. The van der Waals surface area contributed by atoms with Gasteiger partial charge in [-0.3, -0.25) is 0 Å². The summed E-state index contributed by atoms with van der Waals surface area (Å²) in [4.78, 5) is 0. The molecule has 0 aromatic heterocycles. The maximum absolute atomic E-state index is 2.51. The van der Waals surface area contributed by atoms with Gasteiger partial charge in [0, 0.05) is 23.2 Å². The summed E-state index contributed by atoms with van der Waals surface area (Å²) in [7, 11) is 0. The first-order chi connectivity index (χ1) is 7.95. The molecular formula is C16H19Co. The van der Waals surface area contributed by atoms with E-state index in [0.29, 0.717) is 0 Å². The predicted octanol–water partition coefficient (Wildman–Crippen LogP) is 4.52. The van der Waals surface area contributed by atoms with Crippen molar-refractivity contribution in [1.29, 1.82) is 0 Å². The van der Waals surface area contributed by atoms with Crippen LogP contribution in [-0.4, -0.2) is 0 Å². The second-order valence-corrected chi connectivity index (χ2v) is 5.02. The first-order valence-electron chi connectivity index (χ1n) is 6.53. The molecule has 2 saturated carbocycles. The zero-order valence-electron chi connectivity index (χ0n) is 10.1. The van der Waals surface area contributed by atoms with Gasteiger partial charge in [0.1, 0.15) is 0 Å². The molecule has 92 valence electrons. The Bertz CT molecular complexity index is 386. The van der Waals surface area contributed by atoms with Crippen LogP contribution in [0.4, 0.5) is 0 Å². The van der Waals surface area contributed by atoms with Crippen molar-refractivity contribution >= 4 is 0 Å². The number of rotatable bonds is 0. The van der Waals surface area contributed by atoms with Gasteiger partial charge in [-0.25, -0.2) is 0 Å². The molecule has 0 nitrogen and oxygen atoms in total. The quantitative estimate of drug-likeness (QED) is 0.607. The molecule has 17 heavy (non-hydrogen) atoms. The van der Waals surface area contributed by atoms with Crippen LogP contribution >= 0.6 is 0 Å². The summed E-state index contributed by atoms with van der Waals surface area (Å²) in [6, 6.07) is 0. The Morgan fingerprint density at radius 1 is 0.941 bits per heavy atom. The summed E-state index contributed by atoms with van der Waals surface area (Å²) >= 11 is 0. The summed E-state index contributed by atoms with van der Waals surface area (Å²) in [5.74, 6) is 0.992. The van der Waals surface area contributed by atoms with Gasteiger partial charge in [0.25, 0.3) is 0 Å². The van der Waals surface area contributed by atoms with Gasteiger partial charge in [-0.2, -0.15) is 0 Å². The van der Waals surface area contributed by atoms with E-state index in [1.54, 1.807) is 11.1 Å². The normalized spacial score (nSPS) is 27.3. The maximum Gasteiger partial charge on any atom is 0.00506 e. The SMILES string of the molecule is C1=C2CCCC2=C2CCC2C1.[CH]1C=CC=C1.[Co]. The van der Waals surface area contributed by atoms with Gasteiger partial charge in [-0.1, -0.05) is 36.0 Å². The molecule has 0 saturated heterocycles. The van der Waals surface area contributed by atoms with E-state index >= 15 is 0 Å². The largest absolute Gasteiger partial charge is 0.0804 e. The summed E-state index contributed by atoms with van der Waals surface area (Å²) in [6.07, 6.45) is 21.0. The molecule has 4 aliphatic rings. The van der Waals surface area contributed by atoms with Gasteiger partial charge >= 0.3 is 0 Å². The minimum Gasteiger partial charge on any atom is -0.0804 e. The molecule has 0 heterocycles. The molecule has 0 amide bonds. The Hall–Kier alpha value is -0.534. The third-order valence-electron chi connectivity index (χ3n) is 4.11.